The van der Waals surface area contributed by atoms with E-state index in [9.17, 15) is 9.59 Å². The first-order chi connectivity index (χ1) is 10.7. The average molecular weight is 323 g/mol. The van der Waals surface area contributed by atoms with Crippen LogP contribution in [0.2, 0.25) is 0 Å². The molecule has 2 amide bonds. The van der Waals surface area contributed by atoms with Gasteiger partial charge >= 0.3 is 0 Å². The summed E-state index contributed by atoms with van der Waals surface area (Å²) in [6.07, 6.45) is 2.31. The molecule has 132 valence electrons. The normalized spacial score (nSPS) is 13.8. The number of nitrogens with zero attached hydrogens (tertiary/aromatic N) is 2. The van der Waals surface area contributed by atoms with Gasteiger partial charge in [-0.15, -0.1) is 0 Å². The number of carbonyl (C=O) groups is 2. The maximum atomic E-state index is 12.1. The first kappa shape index (κ1) is 21.4. The minimum atomic E-state index is -0.636. The van der Waals surface area contributed by atoms with Crippen molar-refractivity contribution >= 4 is 11.8 Å². The minimum absolute atomic E-state index is 0.0315. The van der Waals surface area contributed by atoms with Crippen LogP contribution in [0.4, 0.5) is 0 Å². The van der Waals surface area contributed by atoms with E-state index in [0.29, 0.717) is 32.0 Å². The summed E-state index contributed by atoms with van der Waals surface area (Å²) in [5.41, 5.74) is 0.110. The summed E-state index contributed by atoms with van der Waals surface area (Å²) in [7, 11) is 0. The third-order valence-corrected chi connectivity index (χ3v) is 4.22. The third-order valence-electron chi connectivity index (χ3n) is 4.22. The zero-order valence-electron chi connectivity index (χ0n) is 15.6. The molecule has 2 atom stereocenters. The Labute approximate surface area is 141 Å². The summed E-state index contributed by atoms with van der Waals surface area (Å²) >= 11 is 0. The molecule has 0 heterocycles. The average Bonchev–Trinajstić information content (AvgIpc) is 2.49. The Kier molecular flexibility index (Phi) is 9.55. The fourth-order valence-electron chi connectivity index (χ4n) is 2.62. The van der Waals surface area contributed by atoms with Crippen molar-refractivity contribution in [1.82, 2.24) is 10.2 Å². The van der Waals surface area contributed by atoms with Crippen molar-refractivity contribution in [3.63, 3.8) is 0 Å². The summed E-state index contributed by atoms with van der Waals surface area (Å²) in [4.78, 5) is 25.8. The Morgan fingerprint density at radius 2 is 1.83 bits per heavy atom. The lowest BCUT2D eigenvalue weighted by molar-refractivity contribution is -0.133. The lowest BCUT2D eigenvalue weighted by atomic mass is 9.77. The van der Waals surface area contributed by atoms with Crippen LogP contribution in [-0.4, -0.2) is 36.3 Å². The molecule has 0 aliphatic heterocycles. The lowest BCUT2D eigenvalue weighted by Crippen LogP contribution is -2.41. The topological polar surface area (TPSA) is 73.2 Å². The largest absolute Gasteiger partial charge is 0.354 e. The van der Waals surface area contributed by atoms with E-state index in [1.807, 2.05) is 13.0 Å². The Bertz CT molecular complexity index is 421. The molecule has 23 heavy (non-hydrogen) atoms. The van der Waals surface area contributed by atoms with Gasteiger partial charge in [0.25, 0.3) is 0 Å². The molecule has 0 saturated carbocycles. The quantitative estimate of drug-likeness (QED) is 0.709. The van der Waals surface area contributed by atoms with Crippen molar-refractivity contribution in [3.05, 3.63) is 0 Å². The van der Waals surface area contributed by atoms with Crippen molar-refractivity contribution in [1.29, 1.82) is 5.26 Å². The van der Waals surface area contributed by atoms with Gasteiger partial charge in [-0.2, -0.15) is 5.26 Å². The van der Waals surface area contributed by atoms with E-state index >= 15 is 0 Å². The van der Waals surface area contributed by atoms with Crippen molar-refractivity contribution in [2.75, 3.05) is 19.6 Å². The molecule has 0 aromatic carbocycles. The van der Waals surface area contributed by atoms with Gasteiger partial charge in [-0.25, -0.2) is 0 Å². The van der Waals surface area contributed by atoms with E-state index in [0.717, 1.165) is 12.8 Å². The molecule has 0 aliphatic rings. The number of nitriles is 1. The van der Waals surface area contributed by atoms with Crippen LogP contribution in [0.3, 0.4) is 0 Å². The first-order valence-electron chi connectivity index (χ1n) is 8.62. The van der Waals surface area contributed by atoms with Gasteiger partial charge in [0.05, 0.1) is 6.07 Å². The summed E-state index contributed by atoms with van der Waals surface area (Å²) in [5.74, 6) is -0.425. The van der Waals surface area contributed by atoms with Gasteiger partial charge in [-0.1, -0.05) is 41.0 Å². The van der Waals surface area contributed by atoms with Crippen LogP contribution in [0.1, 0.15) is 60.8 Å². The number of rotatable bonds is 9. The van der Waals surface area contributed by atoms with Crippen LogP contribution in [0.15, 0.2) is 0 Å². The van der Waals surface area contributed by atoms with E-state index < -0.39 is 5.92 Å². The van der Waals surface area contributed by atoms with Crippen LogP contribution in [0, 0.1) is 28.6 Å². The number of nitrogens with one attached hydrogen (secondary N) is 1. The second kappa shape index (κ2) is 10.3. The molecule has 0 bridgehead atoms. The maximum Gasteiger partial charge on any atom is 0.239 e. The molecule has 5 heteroatoms. The SMILES string of the molecule is CCCN(CCNC(=O)CC(CC)C(C)(C)C)C(=O)C(C)C#N. The molecule has 0 rings (SSSR count). The summed E-state index contributed by atoms with van der Waals surface area (Å²) < 4.78 is 0. The Hall–Kier alpha value is -1.57. The lowest BCUT2D eigenvalue weighted by Gasteiger charge is -2.29. The second-order valence-corrected chi connectivity index (χ2v) is 7.20. The molecular formula is C18H33N3O2. The highest BCUT2D eigenvalue weighted by Crippen LogP contribution is 2.31. The Morgan fingerprint density at radius 1 is 1.22 bits per heavy atom. The highest BCUT2D eigenvalue weighted by molar-refractivity contribution is 5.81. The zero-order chi connectivity index (χ0) is 18.0. The molecule has 5 nitrogen and oxygen atoms in total. The molecule has 0 aliphatic carbocycles. The number of hydrogen-bond donors (Lipinski definition) is 1. The molecular weight excluding hydrogens is 290 g/mol. The van der Waals surface area contributed by atoms with E-state index in [1.165, 1.54) is 0 Å². The van der Waals surface area contributed by atoms with Crippen molar-refractivity contribution in [3.8, 4) is 6.07 Å². The highest BCUT2D eigenvalue weighted by Gasteiger charge is 2.25. The molecule has 2 unspecified atom stereocenters. The van der Waals surface area contributed by atoms with E-state index in [-0.39, 0.29) is 17.2 Å². The van der Waals surface area contributed by atoms with Gasteiger partial charge in [0, 0.05) is 26.1 Å². The van der Waals surface area contributed by atoms with Gasteiger partial charge in [0.1, 0.15) is 5.92 Å². The predicted molar refractivity (Wildman–Crippen MR) is 92.5 cm³/mol. The fourth-order valence-corrected chi connectivity index (χ4v) is 2.62. The van der Waals surface area contributed by atoms with E-state index in [2.05, 4.69) is 33.0 Å². The van der Waals surface area contributed by atoms with Crippen molar-refractivity contribution in [2.24, 2.45) is 17.3 Å². The van der Waals surface area contributed by atoms with Gasteiger partial charge < -0.3 is 10.2 Å². The van der Waals surface area contributed by atoms with Crippen LogP contribution in [0.25, 0.3) is 0 Å². The summed E-state index contributed by atoms with van der Waals surface area (Å²) in [6, 6.07) is 1.97. The van der Waals surface area contributed by atoms with Crippen molar-refractivity contribution < 1.29 is 9.59 Å². The van der Waals surface area contributed by atoms with E-state index in [1.54, 1.807) is 11.8 Å². The third kappa shape index (κ3) is 8.01. The molecule has 1 N–H and O–H groups in total. The van der Waals surface area contributed by atoms with Gasteiger partial charge in [-0.05, 0) is 24.7 Å². The molecule has 0 aromatic heterocycles. The number of carbonyl (C=O) groups excluding carboxylic acids is 2. The molecule has 0 aromatic rings. The Balaban J connectivity index is 4.41. The molecule has 0 spiro atoms. The monoisotopic (exact) mass is 323 g/mol. The number of amides is 2. The molecule has 0 radical (unpaired) electrons. The van der Waals surface area contributed by atoms with Crippen molar-refractivity contribution in [2.45, 2.75) is 60.8 Å². The van der Waals surface area contributed by atoms with Crippen LogP contribution in [0.5, 0.6) is 0 Å². The van der Waals surface area contributed by atoms with Gasteiger partial charge in [0.2, 0.25) is 11.8 Å². The second-order valence-electron chi connectivity index (χ2n) is 7.20. The Morgan fingerprint density at radius 3 is 2.26 bits per heavy atom. The first-order valence-corrected chi connectivity index (χ1v) is 8.62. The minimum Gasteiger partial charge on any atom is -0.354 e. The van der Waals surface area contributed by atoms with Crippen LogP contribution >= 0.6 is 0 Å². The molecule has 0 saturated heterocycles. The smallest absolute Gasteiger partial charge is 0.239 e. The van der Waals surface area contributed by atoms with Gasteiger partial charge in [-0.3, -0.25) is 9.59 Å². The summed E-state index contributed by atoms with van der Waals surface area (Å²) in [6.45, 7) is 13.7. The van der Waals surface area contributed by atoms with Gasteiger partial charge in [0.15, 0.2) is 0 Å². The molecule has 0 fully saturated rings. The van der Waals surface area contributed by atoms with Crippen LogP contribution < -0.4 is 5.32 Å². The summed E-state index contributed by atoms with van der Waals surface area (Å²) in [5, 5.41) is 11.8. The fraction of sp³-hybridized carbons (Fsp3) is 0.833. The maximum absolute atomic E-state index is 12.1. The number of hydrogen-bond acceptors (Lipinski definition) is 3. The highest BCUT2D eigenvalue weighted by atomic mass is 16.2. The standard InChI is InChI=1S/C18H33N3O2/c1-7-10-21(17(23)14(3)13-19)11-9-20-16(22)12-15(8-2)18(4,5)6/h14-15H,7-12H2,1-6H3,(H,20,22). The zero-order valence-corrected chi connectivity index (χ0v) is 15.6. The predicted octanol–water partition coefficient (Wildman–Crippen LogP) is 2.96. The van der Waals surface area contributed by atoms with Crippen LogP contribution in [-0.2, 0) is 9.59 Å². The van der Waals surface area contributed by atoms with E-state index in [4.69, 9.17) is 5.26 Å².